The number of anilines is 1. The number of hydrogen-bond donors (Lipinski definition) is 2. The molecule has 1 saturated carbocycles. The second-order valence-electron chi connectivity index (χ2n) is 11.1. The molecule has 3 amide bonds. The van der Waals surface area contributed by atoms with Gasteiger partial charge in [0.15, 0.2) is 0 Å². The van der Waals surface area contributed by atoms with Gasteiger partial charge in [-0.2, -0.15) is 13.2 Å². The molecule has 2 aromatic carbocycles. The Morgan fingerprint density at radius 1 is 1.06 bits per heavy atom. The molecular weight excluding hydrogens is 455 g/mol. The first-order valence-corrected chi connectivity index (χ1v) is 11.9. The highest BCUT2D eigenvalue weighted by Crippen LogP contribution is 2.52. The molecule has 1 aliphatic carbocycles. The van der Waals surface area contributed by atoms with Gasteiger partial charge >= 0.3 is 12.2 Å². The molecule has 0 aromatic heterocycles. The molecule has 2 aliphatic rings. The lowest BCUT2D eigenvalue weighted by Gasteiger charge is -2.39. The second-order valence-corrected chi connectivity index (χ2v) is 11.1. The number of carbonyl (C=O) groups is 2. The molecule has 0 radical (unpaired) electrons. The largest absolute Gasteiger partial charge is 0.416 e. The third-order valence-electron chi connectivity index (χ3n) is 7.03. The van der Waals surface area contributed by atoms with Gasteiger partial charge in [0.1, 0.15) is 6.04 Å². The van der Waals surface area contributed by atoms with Crippen molar-refractivity contribution in [1.29, 1.82) is 0 Å². The zero-order valence-electron chi connectivity index (χ0n) is 20.3. The summed E-state index contributed by atoms with van der Waals surface area (Å²) in [4.78, 5) is 28.5. The highest BCUT2D eigenvalue weighted by Gasteiger charge is 2.51. The molecule has 2 bridgehead atoms. The third-order valence-corrected chi connectivity index (χ3v) is 7.03. The topological polar surface area (TPSA) is 61.4 Å². The number of alkyl halides is 3. The summed E-state index contributed by atoms with van der Waals surface area (Å²) in [6, 6.07) is 12.4. The van der Waals surface area contributed by atoms with Crippen LogP contribution in [0.1, 0.15) is 51.2 Å². The van der Waals surface area contributed by atoms with Crippen molar-refractivity contribution in [1.82, 2.24) is 10.2 Å². The summed E-state index contributed by atoms with van der Waals surface area (Å²) in [5, 5.41) is 5.20. The number of nitrogens with one attached hydrogen (secondary N) is 2. The molecule has 1 aliphatic heterocycles. The fourth-order valence-electron chi connectivity index (χ4n) is 6.07. The van der Waals surface area contributed by atoms with Crippen LogP contribution in [0.3, 0.4) is 0 Å². The summed E-state index contributed by atoms with van der Waals surface area (Å²) in [6.45, 7) is 7.32. The molecule has 4 rings (SSSR count). The quantitative estimate of drug-likeness (QED) is 0.555. The molecule has 1 saturated heterocycles. The van der Waals surface area contributed by atoms with Crippen LogP contribution in [0, 0.1) is 10.8 Å². The minimum atomic E-state index is -4.52. The van der Waals surface area contributed by atoms with Gasteiger partial charge in [0.25, 0.3) is 0 Å². The molecule has 3 unspecified atom stereocenters. The average molecular weight is 488 g/mol. The molecule has 1 heterocycles. The van der Waals surface area contributed by atoms with E-state index in [9.17, 15) is 22.8 Å². The van der Waals surface area contributed by atoms with Gasteiger partial charge in [-0.15, -0.1) is 0 Å². The van der Waals surface area contributed by atoms with Crippen LogP contribution in [0.25, 0.3) is 0 Å². The first-order chi connectivity index (χ1) is 16.3. The van der Waals surface area contributed by atoms with Gasteiger partial charge in [0, 0.05) is 24.7 Å². The van der Waals surface area contributed by atoms with Gasteiger partial charge in [0.2, 0.25) is 5.91 Å². The predicted octanol–water partition coefficient (Wildman–Crippen LogP) is 5.87. The van der Waals surface area contributed by atoms with E-state index in [-0.39, 0.29) is 28.5 Å². The Bertz CT molecular complexity index is 1090. The maximum Gasteiger partial charge on any atom is 0.416 e. The Morgan fingerprint density at radius 2 is 1.77 bits per heavy atom. The van der Waals surface area contributed by atoms with E-state index in [0.29, 0.717) is 13.0 Å². The molecule has 188 valence electrons. The maximum atomic E-state index is 13.8. The monoisotopic (exact) mass is 487 g/mol. The Labute approximate surface area is 204 Å². The Hall–Kier alpha value is -3.03. The van der Waals surface area contributed by atoms with E-state index < -0.39 is 23.8 Å². The number of urea groups is 1. The first kappa shape index (κ1) is 25.1. The van der Waals surface area contributed by atoms with Crippen LogP contribution in [0.5, 0.6) is 0 Å². The smallest absolute Gasteiger partial charge is 0.337 e. The van der Waals surface area contributed by atoms with E-state index in [1.807, 2.05) is 35.2 Å². The minimum Gasteiger partial charge on any atom is -0.337 e. The lowest BCUT2D eigenvalue weighted by molar-refractivity contribution is -0.137. The van der Waals surface area contributed by atoms with E-state index in [4.69, 9.17) is 0 Å². The third kappa shape index (κ3) is 5.97. The molecule has 3 atom stereocenters. The molecule has 2 fully saturated rings. The van der Waals surface area contributed by atoms with Crippen molar-refractivity contribution in [2.24, 2.45) is 10.8 Å². The molecule has 2 aromatic rings. The maximum absolute atomic E-state index is 13.8. The summed E-state index contributed by atoms with van der Waals surface area (Å²) in [6.07, 6.45) is -1.34. The minimum absolute atomic E-state index is 0.00882. The number of nitrogens with zero attached hydrogens (tertiary/aromatic N) is 1. The van der Waals surface area contributed by atoms with E-state index in [2.05, 4.69) is 31.4 Å². The SMILES string of the molecule is CC1(C)CC2CC(C)(CN2C(=O)C(Cc2ccccc2)NC(=O)Nc2cccc(C(F)(F)F)c2)C1. The Balaban J connectivity index is 1.52. The number of carbonyl (C=O) groups excluding carboxylic acids is 2. The highest BCUT2D eigenvalue weighted by molar-refractivity contribution is 5.94. The summed E-state index contributed by atoms with van der Waals surface area (Å²) in [5.41, 5.74) is 0.219. The standard InChI is InChI=1S/C27H32F3N3O2/c1-25(2)14-21-15-26(3,16-25)17-33(21)23(34)22(12-18-8-5-4-6-9-18)32-24(35)31-20-11-7-10-19(13-20)27(28,29)30/h4-11,13,21-22H,12,14-17H2,1-3H3,(H2,31,32,35). The lowest BCUT2D eigenvalue weighted by Crippen LogP contribution is -2.52. The Kier molecular flexibility index (Phi) is 6.60. The van der Waals surface area contributed by atoms with E-state index in [1.54, 1.807) is 0 Å². The van der Waals surface area contributed by atoms with Crippen molar-refractivity contribution >= 4 is 17.6 Å². The van der Waals surface area contributed by atoms with E-state index in [1.165, 1.54) is 12.1 Å². The van der Waals surface area contributed by atoms with Crippen LogP contribution in [-0.2, 0) is 17.4 Å². The number of amides is 3. The molecule has 2 N–H and O–H groups in total. The van der Waals surface area contributed by atoms with Crippen LogP contribution < -0.4 is 10.6 Å². The van der Waals surface area contributed by atoms with Gasteiger partial charge in [0.05, 0.1) is 5.56 Å². The summed E-state index contributed by atoms with van der Waals surface area (Å²) >= 11 is 0. The van der Waals surface area contributed by atoms with Gasteiger partial charge in [-0.25, -0.2) is 4.79 Å². The number of hydrogen-bond acceptors (Lipinski definition) is 2. The van der Waals surface area contributed by atoms with Crippen LogP contribution in [0.2, 0.25) is 0 Å². The van der Waals surface area contributed by atoms with Gasteiger partial charge in [-0.1, -0.05) is 57.2 Å². The lowest BCUT2D eigenvalue weighted by atomic mass is 9.65. The average Bonchev–Trinajstić information content (AvgIpc) is 3.01. The molecule has 0 spiro atoms. The zero-order valence-corrected chi connectivity index (χ0v) is 20.3. The van der Waals surface area contributed by atoms with Crippen molar-refractivity contribution in [2.45, 2.75) is 64.7 Å². The normalized spacial score (nSPS) is 24.1. The molecule has 35 heavy (non-hydrogen) atoms. The van der Waals surface area contributed by atoms with E-state index in [0.717, 1.165) is 37.0 Å². The highest BCUT2D eigenvalue weighted by atomic mass is 19.4. The van der Waals surface area contributed by atoms with Crippen molar-refractivity contribution < 1.29 is 22.8 Å². The summed E-state index contributed by atoms with van der Waals surface area (Å²) < 4.78 is 39.2. The van der Waals surface area contributed by atoms with Gasteiger partial charge in [-0.3, -0.25) is 4.79 Å². The van der Waals surface area contributed by atoms with Crippen LogP contribution in [-0.4, -0.2) is 35.5 Å². The number of likely N-dealkylation sites (tertiary alicyclic amines) is 1. The molecule has 8 heteroatoms. The van der Waals surface area contributed by atoms with Crippen molar-refractivity contribution in [2.75, 3.05) is 11.9 Å². The summed E-state index contributed by atoms with van der Waals surface area (Å²) in [5.74, 6) is -0.153. The van der Waals surface area contributed by atoms with Gasteiger partial charge in [-0.05, 0) is 53.9 Å². The molecule has 5 nitrogen and oxygen atoms in total. The fraction of sp³-hybridized carbons (Fsp3) is 0.481. The number of halogens is 3. The van der Waals surface area contributed by atoms with E-state index >= 15 is 0 Å². The van der Waals surface area contributed by atoms with Crippen molar-refractivity contribution in [3.63, 3.8) is 0 Å². The Morgan fingerprint density at radius 3 is 2.46 bits per heavy atom. The van der Waals surface area contributed by atoms with Crippen LogP contribution in [0.15, 0.2) is 54.6 Å². The first-order valence-electron chi connectivity index (χ1n) is 11.9. The summed E-state index contributed by atoms with van der Waals surface area (Å²) in [7, 11) is 0. The fourth-order valence-corrected chi connectivity index (χ4v) is 6.07. The second kappa shape index (κ2) is 9.21. The van der Waals surface area contributed by atoms with Gasteiger partial charge < -0.3 is 15.5 Å². The van der Waals surface area contributed by atoms with Crippen LogP contribution >= 0.6 is 0 Å². The predicted molar refractivity (Wildman–Crippen MR) is 129 cm³/mol. The number of fused-ring (bicyclic) bond motifs is 2. The number of rotatable bonds is 5. The van der Waals surface area contributed by atoms with Crippen molar-refractivity contribution in [3.05, 3.63) is 65.7 Å². The van der Waals surface area contributed by atoms with Crippen LogP contribution in [0.4, 0.5) is 23.7 Å². The van der Waals surface area contributed by atoms with Crippen molar-refractivity contribution in [3.8, 4) is 0 Å². The molecular formula is C27H32F3N3O2. The zero-order chi connectivity index (χ0) is 25.4. The number of benzene rings is 2.